The Morgan fingerprint density at radius 3 is 2.55 bits per heavy atom. The summed E-state index contributed by atoms with van der Waals surface area (Å²) in [4.78, 5) is 0. The van der Waals surface area contributed by atoms with E-state index >= 15 is 0 Å². The molecule has 0 bridgehead atoms. The van der Waals surface area contributed by atoms with Crippen LogP contribution in [0.15, 0.2) is 48.5 Å². The summed E-state index contributed by atoms with van der Waals surface area (Å²) in [7, 11) is 0. The second-order valence-corrected chi connectivity index (χ2v) is 5.15. The van der Waals surface area contributed by atoms with Gasteiger partial charge in [0, 0.05) is 0 Å². The third-order valence-corrected chi connectivity index (χ3v) is 3.74. The SMILES string of the molecule is CCCc1cccc(C(NN)c2ccccc2CC)c1. The lowest BCUT2D eigenvalue weighted by atomic mass is 9.92. The van der Waals surface area contributed by atoms with Crippen molar-refractivity contribution in [3.8, 4) is 0 Å². The zero-order valence-corrected chi connectivity index (χ0v) is 12.4. The molecule has 0 aliphatic heterocycles. The van der Waals surface area contributed by atoms with Crippen molar-refractivity contribution in [3.05, 3.63) is 70.8 Å². The fourth-order valence-electron chi connectivity index (χ4n) is 2.72. The molecule has 2 nitrogen and oxygen atoms in total. The summed E-state index contributed by atoms with van der Waals surface area (Å²) in [6.45, 7) is 4.39. The average molecular weight is 268 g/mol. The van der Waals surface area contributed by atoms with Gasteiger partial charge in [0.1, 0.15) is 0 Å². The zero-order valence-electron chi connectivity index (χ0n) is 12.4. The number of benzene rings is 2. The maximum absolute atomic E-state index is 5.83. The maximum Gasteiger partial charge on any atom is 0.0712 e. The summed E-state index contributed by atoms with van der Waals surface area (Å²) in [6, 6.07) is 17.3. The molecule has 0 amide bonds. The van der Waals surface area contributed by atoms with Crippen molar-refractivity contribution in [2.45, 2.75) is 39.2 Å². The molecule has 0 saturated heterocycles. The van der Waals surface area contributed by atoms with Gasteiger partial charge in [0.25, 0.3) is 0 Å². The van der Waals surface area contributed by atoms with E-state index in [4.69, 9.17) is 5.84 Å². The van der Waals surface area contributed by atoms with Crippen LogP contribution in [0, 0.1) is 0 Å². The number of hydrazine groups is 1. The summed E-state index contributed by atoms with van der Waals surface area (Å²) < 4.78 is 0. The molecule has 2 aromatic carbocycles. The number of hydrogen-bond acceptors (Lipinski definition) is 2. The predicted octanol–water partition coefficient (Wildman–Crippen LogP) is 3.75. The van der Waals surface area contributed by atoms with E-state index in [9.17, 15) is 0 Å². The second-order valence-electron chi connectivity index (χ2n) is 5.15. The van der Waals surface area contributed by atoms with Crippen LogP contribution < -0.4 is 11.3 Å². The summed E-state index contributed by atoms with van der Waals surface area (Å²) in [5.74, 6) is 5.83. The third kappa shape index (κ3) is 3.27. The maximum atomic E-state index is 5.83. The number of aryl methyl sites for hydroxylation is 2. The van der Waals surface area contributed by atoms with Crippen LogP contribution in [0.1, 0.15) is 48.6 Å². The van der Waals surface area contributed by atoms with Crippen molar-refractivity contribution in [2.24, 2.45) is 5.84 Å². The lowest BCUT2D eigenvalue weighted by Crippen LogP contribution is -2.29. The first-order chi connectivity index (χ1) is 9.80. The van der Waals surface area contributed by atoms with Gasteiger partial charge in [-0.1, -0.05) is 68.8 Å². The predicted molar refractivity (Wildman–Crippen MR) is 85.4 cm³/mol. The summed E-state index contributed by atoms with van der Waals surface area (Å²) in [6.07, 6.45) is 3.29. The number of hydrogen-bond donors (Lipinski definition) is 2. The van der Waals surface area contributed by atoms with E-state index in [1.807, 2.05) is 0 Å². The topological polar surface area (TPSA) is 38.0 Å². The molecule has 1 atom stereocenters. The van der Waals surface area contributed by atoms with E-state index < -0.39 is 0 Å². The minimum absolute atomic E-state index is 0.0583. The van der Waals surface area contributed by atoms with Crippen molar-refractivity contribution in [3.63, 3.8) is 0 Å². The Morgan fingerprint density at radius 1 is 1.05 bits per heavy atom. The van der Waals surface area contributed by atoms with E-state index in [0.29, 0.717) is 0 Å². The van der Waals surface area contributed by atoms with Gasteiger partial charge < -0.3 is 0 Å². The van der Waals surface area contributed by atoms with Crippen LogP contribution in [-0.2, 0) is 12.8 Å². The largest absolute Gasteiger partial charge is 0.271 e. The molecule has 0 radical (unpaired) electrons. The molecule has 0 spiro atoms. The first-order valence-electron chi connectivity index (χ1n) is 7.42. The number of rotatable bonds is 6. The van der Waals surface area contributed by atoms with Gasteiger partial charge in [0.2, 0.25) is 0 Å². The Labute approximate surface area is 122 Å². The molecular formula is C18H24N2. The van der Waals surface area contributed by atoms with Gasteiger partial charge >= 0.3 is 0 Å². The fraction of sp³-hybridized carbons (Fsp3) is 0.333. The molecular weight excluding hydrogens is 244 g/mol. The van der Waals surface area contributed by atoms with Gasteiger partial charge in [-0.25, -0.2) is 5.43 Å². The van der Waals surface area contributed by atoms with Gasteiger partial charge in [0.15, 0.2) is 0 Å². The Hall–Kier alpha value is -1.64. The van der Waals surface area contributed by atoms with Crippen molar-refractivity contribution in [1.29, 1.82) is 0 Å². The average Bonchev–Trinajstić information content (AvgIpc) is 2.49. The van der Waals surface area contributed by atoms with E-state index in [-0.39, 0.29) is 6.04 Å². The Morgan fingerprint density at radius 2 is 1.85 bits per heavy atom. The lowest BCUT2D eigenvalue weighted by molar-refractivity contribution is 0.630. The van der Waals surface area contributed by atoms with E-state index in [2.05, 4.69) is 67.8 Å². The smallest absolute Gasteiger partial charge is 0.0712 e. The number of nitrogens with one attached hydrogen (secondary N) is 1. The lowest BCUT2D eigenvalue weighted by Gasteiger charge is -2.20. The van der Waals surface area contributed by atoms with Crippen LogP contribution in [0.3, 0.4) is 0 Å². The molecule has 20 heavy (non-hydrogen) atoms. The van der Waals surface area contributed by atoms with Crippen molar-refractivity contribution >= 4 is 0 Å². The zero-order chi connectivity index (χ0) is 14.4. The highest BCUT2D eigenvalue weighted by Gasteiger charge is 2.15. The molecule has 2 rings (SSSR count). The highest BCUT2D eigenvalue weighted by molar-refractivity contribution is 5.38. The molecule has 0 saturated carbocycles. The molecule has 1 unspecified atom stereocenters. The highest BCUT2D eigenvalue weighted by atomic mass is 15.2. The first-order valence-corrected chi connectivity index (χ1v) is 7.42. The first kappa shape index (κ1) is 14.8. The van der Waals surface area contributed by atoms with Gasteiger partial charge in [-0.05, 0) is 35.1 Å². The molecule has 106 valence electrons. The van der Waals surface area contributed by atoms with Crippen LogP contribution in [0.5, 0.6) is 0 Å². The van der Waals surface area contributed by atoms with Crippen LogP contribution >= 0.6 is 0 Å². The minimum Gasteiger partial charge on any atom is -0.271 e. The highest BCUT2D eigenvalue weighted by Crippen LogP contribution is 2.25. The van der Waals surface area contributed by atoms with Crippen LogP contribution in [-0.4, -0.2) is 0 Å². The van der Waals surface area contributed by atoms with Gasteiger partial charge in [-0.3, -0.25) is 5.84 Å². The van der Waals surface area contributed by atoms with E-state index in [1.165, 1.54) is 22.3 Å². The second kappa shape index (κ2) is 7.22. The molecule has 0 aliphatic carbocycles. The van der Waals surface area contributed by atoms with Crippen molar-refractivity contribution in [1.82, 2.24) is 5.43 Å². The molecule has 2 aromatic rings. The van der Waals surface area contributed by atoms with Gasteiger partial charge in [0.05, 0.1) is 6.04 Å². The van der Waals surface area contributed by atoms with Gasteiger partial charge in [-0.15, -0.1) is 0 Å². The molecule has 2 heteroatoms. The van der Waals surface area contributed by atoms with E-state index in [1.54, 1.807) is 0 Å². The van der Waals surface area contributed by atoms with E-state index in [0.717, 1.165) is 19.3 Å². The molecule has 0 aliphatic rings. The summed E-state index contributed by atoms with van der Waals surface area (Å²) >= 11 is 0. The van der Waals surface area contributed by atoms with Crippen LogP contribution in [0.25, 0.3) is 0 Å². The van der Waals surface area contributed by atoms with Crippen LogP contribution in [0.4, 0.5) is 0 Å². The minimum atomic E-state index is 0.0583. The normalized spacial score (nSPS) is 12.3. The molecule has 0 aromatic heterocycles. The molecule has 3 N–H and O–H groups in total. The Balaban J connectivity index is 2.39. The standard InChI is InChI=1S/C18H24N2/c1-3-8-14-9-7-11-16(13-14)18(20-19)17-12-6-5-10-15(17)4-2/h5-7,9-13,18,20H,3-4,8,19H2,1-2H3. The fourth-order valence-corrected chi connectivity index (χ4v) is 2.72. The molecule has 0 heterocycles. The van der Waals surface area contributed by atoms with Crippen molar-refractivity contribution < 1.29 is 0 Å². The van der Waals surface area contributed by atoms with Crippen LogP contribution in [0.2, 0.25) is 0 Å². The Kier molecular flexibility index (Phi) is 5.33. The monoisotopic (exact) mass is 268 g/mol. The van der Waals surface area contributed by atoms with Crippen molar-refractivity contribution in [2.75, 3.05) is 0 Å². The summed E-state index contributed by atoms with van der Waals surface area (Å²) in [5.41, 5.74) is 8.20. The quantitative estimate of drug-likeness (QED) is 0.618. The van der Waals surface area contributed by atoms with Gasteiger partial charge in [-0.2, -0.15) is 0 Å². The summed E-state index contributed by atoms with van der Waals surface area (Å²) in [5, 5.41) is 0. The number of nitrogens with two attached hydrogens (primary N) is 1. The molecule has 0 fully saturated rings. The third-order valence-electron chi connectivity index (χ3n) is 3.74. The Bertz CT molecular complexity index is 549.